The highest BCUT2D eigenvalue weighted by molar-refractivity contribution is 8.15. The van der Waals surface area contributed by atoms with Gasteiger partial charge >= 0.3 is 0 Å². The number of halogens is 3. The van der Waals surface area contributed by atoms with Crippen LogP contribution in [0.5, 0.6) is 5.75 Å². The molecule has 3 rings (SSSR count). The van der Waals surface area contributed by atoms with Crippen LogP contribution in [0.1, 0.15) is 13.3 Å². The summed E-state index contributed by atoms with van der Waals surface area (Å²) in [5.74, 6) is -0.759. The highest BCUT2D eigenvalue weighted by Gasteiger charge is 2.35. The van der Waals surface area contributed by atoms with Gasteiger partial charge in [-0.2, -0.15) is 0 Å². The van der Waals surface area contributed by atoms with Crippen LogP contribution in [-0.2, 0) is 9.59 Å². The van der Waals surface area contributed by atoms with Crippen molar-refractivity contribution in [1.82, 2.24) is 4.90 Å². The molecule has 10 heteroatoms. The number of phenolic OH excluding ortho intramolecular Hbond substituents is 1. The van der Waals surface area contributed by atoms with Crippen LogP contribution in [0, 0.1) is 0 Å². The Hall–Kier alpha value is -1.93. The molecule has 0 spiro atoms. The molecule has 0 aliphatic carbocycles. The van der Waals surface area contributed by atoms with Gasteiger partial charge in [0.1, 0.15) is 5.25 Å². The number of phenols is 1. The lowest BCUT2D eigenvalue weighted by molar-refractivity contribution is -0.129. The first kappa shape index (κ1) is 21.8. The molecule has 2 aromatic rings. The summed E-state index contributed by atoms with van der Waals surface area (Å²) >= 11 is 18.9. The number of nitrogens with one attached hydrogen (secondary N) is 1. The number of benzene rings is 2. The maximum Gasteiger partial charge on any atom is 0.238 e. The molecule has 1 saturated heterocycles. The van der Waals surface area contributed by atoms with Gasteiger partial charge in [-0.15, -0.1) is 0 Å². The van der Waals surface area contributed by atoms with Gasteiger partial charge in [0.15, 0.2) is 10.9 Å². The Kier molecular flexibility index (Phi) is 6.95. The molecule has 0 aromatic heterocycles. The Morgan fingerprint density at radius 1 is 1.24 bits per heavy atom. The maximum atomic E-state index is 12.7. The number of amides is 2. The molecule has 29 heavy (non-hydrogen) atoms. The van der Waals surface area contributed by atoms with Crippen LogP contribution >= 0.6 is 46.6 Å². The van der Waals surface area contributed by atoms with Crippen molar-refractivity contribution in [2.24, 2.45) is 4.99 Å². The molecule has 1 atom stereocenters. The number of anilines is 1. The average Bonchev–Trinajstić information content (AvgIpc) is 2.67. The van der Waals surface area contributed by atoms with Crippen molar-refractivity contribution in [2.45, 2.75) is 18.6 Å². The zero-order valence-electron chi connectivity index (χ0n) is 15.2. The highest BCUT2D eigenvalue weighted by Crippen LogP contribution is 2.37. The lowest BCUT2D eigenvalue weighted by Crippen LogP contribution is -2.45. The fourth-order valence-corrected chi connectivity index (χ4v) is 4.40. The molecule has 2 aromatic carbocycles. The van der Waals surface area contributed by atoms with Gasteiger partial charge in [-0.05, 0) is 43.3 Å². The van der Waals surface area contributed by atoms with E-state index >= 15 is 0 Å². The van der Waals surface area contributed by atoms with Crippen LogP contribution in [-0.4, -0.2) is 38.8 Å². The normalized spacial score (nSPS) is 18.2. The molecule has 2 N–H and O–H groups in total. The van der Waals surface area contributed by atoms with E-state index in [9.17, 15) is 14.7 Å². The Morgan fingerprint density at radius 3 is 2.45 bits per heavy atom. The summed E-state index contributed by atoms with van der Waals surface area (Å²) in [6, 6.07) is 9.57. The van der Waals surface area contributed by atoms with E-state index in [0.29, 0.717) is 28.1 Å². The summed E-state index contributed by atoms with van der Waals surface area (Å²) in [7, 11) is 0. The molecular formula is C19H16Cl3N3O3S. The minimum absolute atomic E-state index is 0.0454. The summed E-state index contributed by atoms with van der Waals surface area (Å²) in [4.78, 5) is 31.2. The number of aliphatic imine (C=N–C) groups is 1. The van der Waals surface area contributed by atoms with Crippen molar-refractivity contribution >= 4 is 74.9 Å². The first-order chi connectivity index (χ1) is 13.8. The van der Waals surface area contributed by atoms with E-state index in [1.54, 1.807) is 24.3 Å². The standard InChI is InChI=1S/C19H16Cl3N3O3S/c1-2-25-16(26)9-15(18(28)23-11-5-3-10(20)4-6-11)29-19(25)24-12-7-13(21)17(27)14(22)8-12/h3-8,15,27H,2,9H2,1H3,(H,23,28). The van der Waals surface area contributed by atoms with Crippen molar-refractivity contribution in [2.75, 3.05) is 11.9 Å². The van der Waals surface area contributed by atoms with E-state index in [1.807, 2.05) is 6.92 Å². The van der Waals surface area contributed by atoms with Crippen molar-refractivity contribution in [3.63, 3.8) is 0 Å². The second kappa shape index (κ2) is 9.26. The molecule has 6 nitrogen and oxygen atoms in total. The third-order valence-electron chi connectivity index (χ3n) is 4.09. The van der Waals surface area contributed by atoms with Crippen LogP contribution < -0.4 is 5.32 Å². The van der Waals surface area contributed by atoms with Crippen LogP contribution in [0.15, 0.2) is 41.4 Å². The number of carbonyl (C=O) groups excluding carboxylic acids is 2. The number of hydrogen-bond acceptors (Lipinski definition) is 5. The highest BCUT2D eigenvalue weighted by atomic mass is 35.5. The molecular weight excluding hydrogens is 457 g/mol. The van der Waals surface area contributed by atoms with Crippen molar-refractivity contribution < 1.29 is 14.7 Å². The minimum Gasteiger partial charge on any atom is -0.505 e. The summed E-state index contributed by atoms with van der Waals surface area (Å²) in [5, 5.41) is 12.8. The molecule has 1 heterocycles. The van der Waals surface area contributed by atoms with Crippen LogP contribution in [0.25, 0.3) is 0 Å². The topological polar surface area (TPSA) is 82.0 Å². The Balaban J connectivity index is 1.85. The lowest BCUT2D eigenvalue weighted by atomic mass is 10.2. The number of carbonyl (C=O) groups is 2. The zero-order valence-corrected chi connectivity index (χ0v) is 18.2. The predicted octanol–water partition coefficient (Wildman–Crippen LogP) is 5.33. The van der Waals surface area contributed by atoms with Gasteiger partial charge in [-0.3, -0.25) is 14.5 Å². The number of thioether (sulfide) groups is 1. The van der Waals surface area contributed by atoms with Crippen molar-refractivity contribution in [1.29, 1.82) is 0 Å². The van der Waals surface area contributed by atoms with Crippen LogP contribution in [0.2, 0.25) is 15.1 Å². The first-order valence-electron chi connectivity index (χ1n) is 8.58. The number of amidine groups is 1. The van der Waals surface area contributed by atoms with Gasteiger partial charge in [-0.1, -0.05) is 46.6 Å². The van der Waals surface area contributed by atoms with E-state index in [1.165, 1.54) is 28.8 Å². The summed E-state index contributed by atoms with van der Waals surface area (Å²) in [6.07, 6.45) is 0.0496. The third-order valence-corrected chi connectivity index (χ3v) is 6.10. The number of rotatable bonds is 4. The van der Waals surface area contributed by atoms with E-state index in [0.717, 1.165) is 0 Å². The number of nitrogens with zero attached hydrogens (tertiary/aromatic N) is 2. The molecule has 1 aliphatic rings. The van der Waals surface area contributed by atoms with Gasteiger partial charge in [0, 0.05) is 23.7 Å². The molecule has 152 valence electrons. The second-order valence-corrected chi connectivity index (χ2v) is 8.52. The Labute approximate surface area is 186 Å². The Bertz CT molecular complexity index is 959. The Morgan fingerprint density at radius 2 is 1.86 bits per heavy atom. The largest absolute Gasteiger partial charge is 0.505 e. The molecule has 2 amide bonds. The zero-order chi connectivity index (χ0) is 21.1. The van der Waals surface area contributed by atoms with Crippen molar-refractivity contribution in [3.05, 3.63) is 51.5 Å². The third kappa shape index (κ3) is 5.17. The molecule has 0 radical (unpaired) electrons. The van der Waals surface area contributed by atoms with Crippen LogP contribution in [0.3, 0.4) is 0 Å². The lowest BCUT2D eigenvalue weighted by Gasteiger charge is -2.31. The fourth-order valence-electron chi connectivity index (χ4n) is 2.64. The smallest absolute Gasteiger partial charge is 0.238 e. The van der Waals surface area contributed by atoms with Gasteiger partial charge in [0.2, 0.25) is 11.8 Å². The van der Waals surface area contributed by atoms with E-state index in [-0.39, 0.29) is 34.0 Å². The predicted molar refractivity (Wildman–Crippen MR) is 119 cm³/mol. The SMILES string of the molecule is CCN1C(=O)CC(C(=O)Nc2ccc(Cl)cc2)SC1=Nc1cc(Cl)c(O)c(Cl)c1. The number of hydrogen-bond donors (Lipinski definition) is 2. The second-order valence-electron chi connectivity index (χ2n) is 6.10. The molecule has 1 aliphatic heterocycles. The molecule has 0 bridgehead atoms. The molecule has 1 fully saturated rings. The minimum atomic E-state index is -0.650. The van der Waals surface area contributed by atoms with Gasteiger partial charge in [-0.25, -0.2) is 4.99 Å². The van der Waals surface area contributed by atoms with E-state index < -0.39 is 5.25 Å². The first-order valence-corrected chi connectivity index (χ1v) is 10.6. The van der Waals surface area contributed by atoms with Crippen molar-refractivity contribution in [3.8, 4) is 5.75 Å². The molecule has 0 saturated carbocycles. The quantitative estimate of drug-likeness (QED) is 0.630. The van der Waals surface area contributed by atoms with E-state index in [4.69, 9.17) is 34.8 Å². The van der Waals surface area contributed by atoms with Gasteiger partial charge in [0.25, 0.3) is 0 Å². The monoisotopic (exact) mass is 471 g/mol. The van der Waals surface area contributed by atoms with Gasteiger partial charge < -0.3 is 10.4 Å². The summed E-state index contributed by atoms with van der Waals surface area (Å²) in [5.41, 5.74) is 0.950. The van der Waals surface area contributed by atoms with E-state index in [2.05, 4.69) is 10.3 Å². The fraction of sp³-hybridized carbons (Fsp3) is 0.211. The maximum absolute atomic E-state index is 12.7. The average molecular weight is 473 g/mol. The molecule has 1 unspecified atom stereocenters. The summed E-state index contributed by atoms with van der Waals surface area (Å²) < 4.78 is 0. The number of aromatic hydroxyl groups is 1. The van der Waals surface area contributed by atoms with Gasteiger partial charge in [0.05, 0.1) is 15.7 Å². The summed E-state index contributed by atoms with van der Waals surface area (Å²) in [6.45, 7) is 2.22. The van der Waals surface area contributed by atoms with Crippen LogP contribution in [0.4, 0.5) is 11.4 Å².